The van der Waals surface area contributed by atoms with Gasteiger partial charge in [-0.2, -0.15) is 0 Å². The fourth-order valence-electron chi connectivity index (χ4n) is 2.18. The molecule has 0 saturated carbocycles. The largest absolute Gasteiger partial charge is 0.381 e. The lowest BCUT2D eigenvalue weighted by Gasteiger charge is -2.24. The van der Waals surface area contributed by atoms with Crippen molar-refractivity contribution in [2.75, 3.05) is 43.6 Å². The molecule has 1 fully saturated rings. The van der Waals surface area contributed by atoms with E-state index in [-0.39, 0.29) is 0 Å². The fourth-order valence-corrected chi connectivity index (χ4v) is 2.18. The van der Waals surface area contributed by atoms with Crippen LogP contribution in [0, 0.1) is 6.92 Å². The van der Waals surface area contributed by atoms with Crippen LogP contribution < -0.4 is 16.0 Å². The third kappa shape index (κ3) is 4.04. The van der Waals surface area contributed by atoms with E-state index >= 15 is 0 Å². The van der Waals surface area contributed by atoms with E-state index in [1.165, 1.54) is 0 Å². The molecule has 1 saturated heterocycles. The number of ether oxygens (including phenoxy) is 1. The van der Waals surface area contributed by atoms with Crippen molar-refractivity contribution in [1.82, 2.24) is 9.97 Å². The lowest BCUT2D eigenvalue weighted by Crippen LogP contribution is -2.29. The van der Waals surface area contributed by atoms with Crippen LogP contribution in [0.15, 0.2) is 6.07 Å². The van der Waals surface area contributed by atoms with Gasteiger partial charge in [0.15, 0.2) is 0 Å². The predicted molar refractivity (Wildman–Crippen MR) is 76.6 cm³/mol. The van der Waals surface area contributed by atoms with Gasteiger partial charge < -0.3 is 20.7 Å². The molecule has 0 radical (unpaired) electrons. The second-order valence-corrected chi connectivity index (χ2v) is 4.90. The standard InChI is InChI=1S/C13H23N5O/c1-10-15-12(17-11-3-7-19-8-4-11)9-13(16-10)18(2)6-5-14/h9,11H,3-8,14H2,1-2H3,(H,15,16,17). The Kier molecular flexibility index (Phi) is 4.93. The van der Waals surface area contributed by atoms with Gasteiger partial charge >= 0.3 is 0 Å². The van der Waals surface area contributed by atoms with Gasteiger partial charge in [-0.3, -0.25) is 0 Å². The molecule has 6 heteroatoms. The van der Waals surface area contributed by atoms with E-state index in [1.807, 2.05) is 24.9 Å². The molecule has 19 heavy (non-hydrogen) atoms. The minimum atomic E-state index is 0.440. The lowest BCUT2D eigenvalue weighted by atomic mass is 10.1. The molecule has 1 aromatic rings. The van der Waals surface area contributed by atoms with Gasteiger partial charge in [-0.05, 0) is 19.8 Å². The number of aryl methyl sites for hydroxylation is 1. The molecule has 2 rings (SSSR count). The van der Waals surface area contributed by atoms with Crippen LogP contribution in [-0.4, -0.2) is 49.4 Å². The zero-order valence-electron chi connectivity index (χ0n) is 11.7. The quantitative estimate of drug-likeness (QED) is 0.819. The highest BCUT2D eigenvalue weighted by Crippen LogP contribution is 2.18. The summed E-state index contributed by atoms with van der Waals surface area (Å²) in [6, 6.07) is 2.42. The van der Waals surface area contributed by atoms with Crippen molar-refractivity contribution in [2.24, 2.45) is 5.73 Å². The molecule has 1 aliphatic rings. The first-order chi connectivity index (χ1) is 9.19. The summed E-state index contributed by atoms with van der Waals surface area (Å²) >= 11 is 0. The first kappa shape index (κ1) is 14.0. The number of nitrogens with two attached hydrogens (primary N) is 1. The highest BCUT2D eigenvalue weighted by molar-refractivity contribution is 5.49. The molecule has 0 atom stereocenters. The lowest BCUT2D eigenvalue weighted by molar-refractivity contribution is 0.0904. The molecule has 1 aromatic heterocycles. The number of nitrogens with zero attached hydrogens (tertiary/aromatic N) is 3. The minimum Gasteiger partial charge on any atom is -0.381 e. The van der Waals surface area contributed by atoms with Crippen molar-refractivity contribution in [3.63, 3.8) is 0 Å². The summed E-state index contributed by atoms with van der Waals surface area (Å²) in [4.78, 5) is 10.9. The summed E-state index contributed by atoms with van der Waals surface area (Å²) in [6.45, 7) is 4.95. The van der Waals surface area contributed by atoms with Gasteiger partial charge in [0.1, 0.15) is 17.5 Å². The van der Waals surface area contributed by atoms with Crippen LogP contribution in [0.4, 0.5) is 11.6 Å². The van der Waals surface area contributed by atoms with Gasteiger partial charge in [-0.1, -0.05) is 0 Å². The number of hydrogen-bond acceptors (Lipinski definition) is 6. The third-order valence-electron chi connectivity index (χ3n) is 3.25. The van der Waals surface area contributed by atoms with E-state index < -0.39 is 0 Å². The minimum absolute atomic E-state index is 0.440. The highest BCUT2D eigenvalue weighted by atomic mass is 16.5. The van der Waals surface area contributed by atoms with Crippen LogP contribution in [0.1, 0.15) is 18.7 Å². The molecule has 2 heterocycles. The Morgan fingerprint density at radius 3 is 2.84 bits per heavy atom. The molecule has 6 nitrogen and oxygen atoms in total. The monoisotopic (exact) mass is 265 g/mol. The van der Waals surface area contributed by atoms with E-state index in [2.05, 4.69) is 15.3 Å². The molecule has 3 N–H and O–H groups in total. The zero-order chi connectivity index (χ0) is 13.7. The summed E-state index contributed by atoms with van der Waals surface area (Å²) in [5.74, 6) is 2.57. The van der Waals surface area contributed by atoms with Gasteiger partial charge in [-0.15, -0.1) is 0 Å². The fraction of sp³-hybridized carbons (Fsp3) is 0.692. The first-order valence-corrected chi connectivity index (χ1v) is 6.80. The summed E-state index contributed by atoms with van der Waals surface area (Å²) < 4.78 is 5.36. The van der Waals surface area contributed by atoms with Gasteiger partial charge in [-0.25, -0.2) is 9.97 Å². The van der Waals surface area contributed by atoms with E-state index in [9.17, 15) is 0 Å². The molecule has 1 aliphatic heterocycles. The smallest absolute Gasteiger partial charge is 0.134 e. The molecule has 0 bridgehead atoms. The molecule has 0 unspecified atom stereocenters. The Labute approximate surface area is 114 Å². The molecular formula is C13H23N5O. The Hall–Kier alpha value is -1.40. The number of nitrogens with one attached hydrogen (secondary N) is 1. The highest BCUT2D eigenvalue weighted by Gasteiger charge is 2.15. The Bertz CT molecular complexity index is 406. The number of rotatable bonds is 5. The topological polar surface area (TPSA) is 76.3 Å². The maximum Gasteiger partial charge on any atom is 0.134 e. The van der Waals surface area contributed by atoms with E-state index in [0.29, 0.717) is 12.6 Å². The maximum atomic E-state index is 5.58. The van der Waals surface area contributed by atoms with Crippen molar-refractivity contribution in [3.05, 3.63) is 11.9 Å². The van der Waals surface area contributed by atoms with E-state index in [4.69, 9.17) is 10.5 Å². The number of likely N-dealkylation sites (N-methyl/N-ethyl adjacent to an activating group) is 1. The van der Waals surface area contributed by atoms with Gasteiger partial charge in [0.05, 0.1) is 0 Å². The maximum absolute atomic E-state index is 5.58. The van der Waals surface area contributed by atoms with Crippen LogP contribution in [0.2, 0.25) is 0 Å². The molecular weight excluding hydrogens is 242 g/mol. The second kappa shape index (κ2) is 6.68. The van der Waals surface area contributed by atoms with E-state index in [1.54, 1.807) is 0 Å². The molecule has 0 amide bonds. The van der Waals surface area contributed by atoms with Gasteiger partial charge in [0.25, 0.3) is 0 Å². The van der Waals surface area contributed by atoms with E-state index in [0.717, 1.165) is 50.1 Å². The van der Waals surface area contributed by atoms with Gasteiger partial charge in [0.2, 0.25) is 0 Å². The SMILES string of the molecule is Cc1nc(NC2CCOCC2)cc(N(C)CCN)n1. The average Bonchev–Trinajstić information content (AvgIpc) is 2.39. The third-order valence-corrected chi connectivity index (χ3v) is 3.25. The zero-order valence-corrected chi connectivity index (χ0v) is 11.7. The van der Waals surface area contributed by atoms with Crippen LogP contribution in [-0.2, 0) is 4.74 Å². The van der Waals surface area contributed by atoms with Crippen molar-refractivity contribution in [1.29, 1.82) is 0 Å². The summed E-state index contributed by atoms with van der Waals surface area (Å²) in [5, 5.41) is 3.47. The summed E-state index contributed by atoms with van der Waals surface area (Å²) in [7, 11) is 1.99. The van der Waals surface area contributed by atoms with Crippen LogP contribution >= 0.6 is 0 Å². The normalized spacial score (nSPS) is 16.4. The van der Waals surface area contributed by atoms with Crippen molar-refractivity contribution in [3.8, 4) is 0 Å². The Morgan fingerprint density at radius 2 is 2.16 bits per heavy atom. The average molecular weight is 265 g/mol. The predicted octanol–water partition coefficient (Wildman–Crippen LogP) is 0.771. The van der Waals surface area contributed by atoms with Crippen molar-refractivity contribution < 1.29 is 4.74 Å². The second-order valence-electron chi connectivity index (χ2n) is 4.90. The Balaban J connectivity index is 2.07. The number of anilines is 2. The number of aromatic nitrogens is 2. The molecule has 0 aromatic carbocycles. The summed E-state index contributed by atoms with van der Waals surface area (Å²) in [6.07, 6.45) is 2.05. The van der Waals surface area contributed by atoms with Gasteiger partial charge in [0, 0.05) is 45.5 Å². The molecule has 106 valence electrons. The molecule has 0 aliphatic carbocycles. The van der Waals surface area contributed by atoms with Crippen molar-refractivity contribution in [2.45, 2.75) is 25.8 Å². The van der Waals surface area contributed by atoms with Crippen LogP contribution in [0.5, 0.6) is 0 Å². The summed E-state index contributed by atoms with van der Waals surface area (Å²) in [5.41, 5.74) is 5.58. The molecule has 0 spiro atoms. The van der Waals surface area contributed by atoms with Crippen LogP contribution in [0.25, 0.3) is 0 Å². The first-order valence-electron chi connectivity index (χ1n) is 6.80. The van der Waals surface area contributed by atoms with Crippen LogP contribution in [0.3, 0.4) is 0 Å². The Morgan fingerprint density at radius 1 is 1.42 bits per heavy atom. The van der Waals surface area contributed by atoms with Crippen molar-refractivity contribution >= 4 is 11.6 Å². The number of hydrogen-bond donors (Lipinski definition) is 2.